The van der Waals surface area contributed by atoms with Crippen molar-refractivity contribution in [2.45, 2.75) is 24.5 Å². The quantitative estimate of drug-likeness (QED) is 0.738. The van der Waals surface area contributed by atoms with Gasteiger partial charge in [0.05, 0.1) is 5.25 Å². The lowest BCUT2D eigenvalue weighted by molar-refractivity contribution is -0.131. The van der Waals surface area contributed by atoms with Gasteiger partial charge in [-0.1, -0.05) is 17.7 Å². The lowest BCUT2D eigenvalue weighted by Crippen LogP contribution is -2.17. The second kappa shape index (κ2) is 4.61. The van der Waals surface area contributed by atoms with E-state index in [-0.39, 0.29) is 0 Å². The molecule has 0 radical (unpaired) electrons. The summed E-state index contributed by atoms with van der Waals surface area (Å²) in [5, 5.41) is 7.96. The van der Waals surface area contributed by atoms with Gasteiger partial charge in [0.25, 0.3) is 0 Å². The zero-order valence-electron chi connectivity index (χ0n) is 8.51. The van der Waals surface area contributed by atoms with Gasteiger partial charge in [-0.25, -0.2) is 13.2 Å². The summed E-state index contributed by atoms with van der Waals surface area (Å²) in [6, 6.07) is 0. The van der Waals surface area contributed by atoms with Crippen molar-refractivity contribution in [3.8, 4) is 0 Å². The summed E-state index contributed by atoms with van der Waals surface area (Å²) in [5.41, 5.74) is 0.815. The summed E-state index contributed by atoms with van der Waals surface area (Å²) in [7, 11) is -3.05. The number of carbonyl (C=O) groups is 1. The molecule has 15 heavy (non-hydrogen) atoms. The maximum Gasteiger partial charge on any atom is 0.328 e. The summed E-state index contributed by atoms with van der Waals surface area (Å²) in [5.74, 6) is -1.03. The molecule has 0 aromatic carbocycles. The number of rotatable bonds is 3. The molecular formula is C10H14O4S. The van der Waals surface area contributed by atoms with Crippen molar-refractivity contribution in [3.63, 3.8) is 0 Å². The molecule has 84 valence electrons. The Bertz CT molecular complexity index is 403. The first-order valence-corrected chi connectivity index (χ1v) is 6.65. The van der Waals surface area contributed by atoms with Crippen LogP contribution in [0, 0.1) is 0 Å². The van der Waals surface area contributed by atoms with Gasteiger partial charge in [-0.15, -0.1) is 0 Å². The van der Waals surface area contributed by atoms with Crippen LogP contribution in [-0.4, -0.2) is 31.0 Å². The Hall–Kier alpha value is -1.10. The highest BCUT2D eigenvalue weighted by molar-refractivity contribution is 7.91. The molecule has 0 aromatic rings. The fourth-order valence-electron chi connectivity index (χ4n) is 1.77. The minimum absolute atomic E-state index is 0.420. The number of hydrogen-bond acceptors (Lipinski definition) is 3. The van der Waals surface area contributed by atoms with E-state index in [1.807, 2.05) is 0 Å². The topological polar surface area (TPSA) is 71.4 Å². The van der Waals surface area contributed by atoms with Gasteiger partial charge >= 0.3 is 5.97 Å². The van der Waals surface area contributed by atoms with E-state index in [2.05, 4.69) is 0 Å². The lowest BCUT2D eigenvalue weighted by Gasteiger charge is -2.08. The maximum absolute atomic E-state index is 11.4. The van der Waals surface area contributed by atoms with Crippen molar-refractivity contribution < 1.29 is 18.3 Å². The van der Waals surface area contributed by atoms with Crippen LogP contribution in [0.5, 0.6) is 0 Å². The Morgan fingerprint density at radius 2 is 2.20 bits per heavy atom. The van der Waals surface area contributed by atoms with Crippen LogP contribution in [0.4, 0.5) is 0 Å². The first kappa shape index (κ1) is 12.0. The van der Waals surface area contributed by atoms with E-state index in [9.17, 15) is 13.2 Å². The van der Waals surface area contributed by atoms with Crippen molar-refractivity contribution in [1.29, 1.82) is 0 Å². The zero-order chi connectivity index (χ0) is 11.5. The monoisotopic (exact) mass is 230 g/mol. The fraction of sp³-hybridized carbons (Fsp3) is 0.500. The zero-order valence-corrected chi connectivity index (χ0v) is 9.33. The van der Waals surface area contributed by atoms with Gasteiger partial charge in [-0.05, 0) is 19.3 Å². The van der Waals surface area contributed by atoms with E-state index in [1.165, 1.54) is 12.3 Å². The van der Waals surface area contributed by atoms with E-state index in [0.29, 0.717) is 6.42 Å². The summed E-state index contributed by atoms with van der Waals surface area (Å²) in [6.45, 7) is 0. The molecular weight excluding hydrogens is 216 g/mol. The van der Waals surface area contributed by atoms with Crippen LogP contribution in [0.3, 0.4) is 0 Å². The third-order valence-electron chi connectivity index (χ3n) is 2.41. The average Bonchev–Trinajstić information content (AvgIpc) is 2.50. The molecule has 1 N–H and O–H groups in total. The summed E-state index contributed by atoms with van der Waals surface area (Å²) < 4.78 is 22.7. The van der Waals surface area contributed by atoms with Crippen molar-refractivity contribution >= 4 is 15.8 Å². The van der Waals surface area contributed by atoms with Crippen LogP contribution in [-0.2, 0) is 14.6 Å². The van der Waals surface area contributed by atoms with Crippen molar-refractivity contribution in [2.75, 3.05) is 6.26 Å². The molecule has 1 unspecified atom stereocenters. The Kier molecular flexibility index (Phi) is 3.68. The van der Waals surface area contributed by atoms with Crippen LogP contribution < -0.4 is 0 Å². The number of aliphatic carboxylic acids is 1. The molecule has 0 amide bonds. The Morgan fingerprint density at radius 3 is 2.73 bits per heavy atom. The van der Waals surface area contributed by atoms with E-state index in [4.69, 9.17) is 5.11 Å². The standard InChI is InChI=1S/C10H14O4S/c1-15(13,14)9-6-2-4-8(9)5-3-7-10(11)12/h3,5,7,9H,2,4,6H2,1H3,(H,11,12)/b7-3+,8-5+. The highest BCUT2D eigenvalue weighted by Crippen LogP contribution is 2.29. The smallest absolute Gasteiger partial charge is 0.328 e. The highest BCUT2D eigenvalue weighted by Gasteiger charge is 2.28. The fourth-order valence-corrected chi connectivity index (χ4v) is 3.11. The third kappa shape index (κ3) is 3.51. The van der Waals surface area contributed by atoms with Crippen LogP contribution in [0.25, 0.3) is 0 Å². The number of sulfone groups is 1. The number of allylic oxidation sites excluding steroid dienone is 2. The molecule has 0 heterocycles. The molecule has 4 nitrogen and oxygen atoms in total. The molecule has 1 atom stereocenters. The number of carboxylic acid groups (broad SMARTS) is 1. The predicted molar refractivity (Wildman–Crippen MR) is 57.3 cm³/mol. The SMILES string of the molecule is CS(=O)(=O)C1CCC/C1=C\C=C\C(=O)O. The summed E-state index contributed by atoms with van der Waals surface area (Å²) in [4.78, 5) is 10.2. The molecule has 1 aliphatic rings. The molecule has 0 spiro atoms. The molecule has 0 aromatic heterocycles. The van der Waals surface area contributed by atoms with Gasteiger partial charge in [-0.3, -0.25) is 0 Å². The minimum atomic E-state index is -3.05. The van der Waals surface area contributed by atoms with E-state index in [0.717, 1.165) is 24.5 Å². The van der Waals surface area contributed by atoms with Crippen LogP contribution in [0.2, 0.25) is 0 Å². The first-order chi connectivity index (χ1) is 6.91. The van der Waals surface area contributed by atoms with Gasteiger partial charge in [0.2, 0.25) is 0 Å². The molecule has 0 saturated heterocycles. The lowest BCUT2D eigenvalue weighted by atomic mass is 10.2. The number of hydrogen-bond donors (Lipinski definition) is 1. The van der Waals surface area contributed by atoms with Crippen LogP contribution in [0.15, 0.2) is 23.8 Å². The van der Waals surface area contributed by atoms with Gasteiger partial charge in [0, 0.05) is 12.3 Å². The maximum atomic E-state index is 11.4. The van der Waals surface area contributed by atoms with Gasteiger partial charge in [0.15, 0.2) is 9.84 Å². The van der Waals surface area contributed by atoms with E-state index in [1.54, 1.807) is 6.08 Å². The Morgan fingerprint density at radius 1 is 1.53 bits per heavy atom. The van der Waals surface area contributed by atoms with Crippen molar-refractivity contribution in [2.24, 2.45) is 0 Å². The van der Waals surface area contributed by atoms with E-state index >= 15 is 0 Å². The van der Waals surface area contributed by atoms with E-state index < -0.39 is 21.1 Å². The second-order valence-electron chi connectivity index (χ2n) is 3.65. The molecule has 5 heteroatoms. The highest BCUT2D eigenvalue weighted by atomic mass is 32.2. The Labute approximate surface area is 89.2 Å². The molecule has 1 fully saturated rings. The van der Waals surface area contributed by atoms with Gasteiger partial charge in [-0.2, -0.15) is 0 Å². The average molecular weight is 230 g/mol. The largest absolute Gasteiger partial charge is 0.478 e. The normalized spacial score (nSPS) is 25.1. The van der Waals surface area contributed by atoms with Gasteiger partial charge in [0.1, 0.15) is 0 Å². The molecule has 1 rings (SSSR count). The summed E-state index contributed by atoms with van der Waals surface area (Å²) >= 11 is 0. The van der Waals surface area contributed by atoms with Crippen molar-refractivity contribution in [1.82, 2.24) is 0 Å². The third-order valence-corrected chi connectivity index (χ3v) is 3.98. The second-order valence-corrected chi connectivity index (χ2v) is 5.88. The molecule has 1 saturated carbocycles. The predicted octanol–water partition coefficient (Wildman–Crippen LogP) is 1.15. The Balaban J connectivity index is 2.82. The van der Waals surface area contributed by atoms with Crippen LogP contribution in [0.1, 0.15) is 19.3 Å². The van der Waals surface area contributed by atoms with Crippen LogP contribution >= 0.6 is 0 Å². The minimum Gasteiger partial charge on any atom is -0.478 e. The van der Waals surface area contributed by atoms with Crippen molar-refractivity contribution in [3.05, 3.63) is 23.8 Å². The molecule has 0 bridgehead atoms. The molecule has 0 aliphatic heterocycles. The first-order valence-electron chi connectivity index (χ1n) is 4.70. The number of carboxylic acids is 1. The summed E-state index contributed by atoms with van der Waals surface area (Å²) in [6.07, 6.45) is 7.45. The van der Waals surface area contributed by atoms with Gasteiger partial charge < -0.3 is 5.11 Å². The molecule has 1 aliphatic carbocycles.